The van der Waals surface area contributed by atoms with Gasteiger partial charge in [0, 0.05) is 5.92 Å². The molecule has 31 heavy (non-hydrogen) atoms. The summed E-state index contributed by atoms with van der Waals surface area (Å²) in [4.78, 5) is 23.9. The van der Waals surface area contributed by atoms with Crippen molar-refractivity contribution in [3.8, 4) is 0 Å². The fraction of sp³-hybridized carbons (Fsp3) is 0.400. The van der Waals surface area contributed by atoms with Gasteiger partial charge in [-0.05, 0) is 5.56 Å². The number of aliphatic carboxylic acids is 1. The number of aliphatic hydroxyl groups excluding tert-OH is 2. The zero-order valence-electron chi connectivity index (χ0n) is 16.8. The molecule has 1 aliphatic heterocycles. The zero-order chi connectivity index (χ0) is 22.6. The molecule has 0 amide bonds. The first-order chi connectivity index (χ1) is 14.7. The Bertz CT molecular complexity index is 1120. The number of hydrogen-bond donors (Lipinski definition) is 5. The Morgan fingerprint density at radius 3 is 2.52 bits per heavy atom. The highest BCUT2D eigenvalue weighted by molar-refractivity contribution is 5.81. The van der Waals surface area contributed by atoms with Gasteiger partial charge in [0.1, 0.15) is 24.1 Å². The van der Waals surface area contributed by atoms with Crippen LogP contribution in [0.3, 0.4) is 0 Å². The standard InChI is InChI=1S/C20H23N5O6/c1-10(2)20(25-9-24-12-16(21)22-8-23-17(12)25)19(30,11-6-4-3-5-7-11)15(27)14(31-20)13(26)18(28)29/h3-10,13-15,26-27,30H,1-2H3,(H,28,29)(H2,21,22,23)/t13?,14-,15-,19-,20-/m1/s1. The van der Waals surface area contributed by atoms with Crippen LogP contribution in [0, 0.1) is 5.92 Å². The molecule has 4 rings (SSSR count). The van der Waals surface area contributed by atoms with Crippen molar-refractivity contribution in [1.82, 2.24) is 19.5 Å². The number of hydrogen-bond acceptors (Lipinski definition) is 9. The van der Waals surface area contributed by atoms with Gasteiger partial charge in [-0.3, -0.25) is 4.57 Å². The van der Waals surface area contributed by atoms with Crippen LogP contribution >= 0.6 is 0 Å². The number of carbonyl (C=O) groups is 1. The third-order valence-corrected chi connectivity index (χ3v) is 5.88. The maximum absolute atomic E-state index is 12.1. The number of nitrogens with two attached hydrogens (primary N) is 1. The monoisotopic (exact) mass is 429 g/mol. The number of nitrogen functional groups attached to an aromatic ring is 1. The molecule has 1 saturated heterocycles. The van der Waals surface area contributed by atoms with E-state index in [4.69, 9.17) is 10.5 Å². The summed E-state index contributed by atoms with van der Waals surface area (Å²) in [5.41, 5.74) is 2.65. The van der Waals surface area contributed by atoms with E-state index in [0.717, 1.165) is 0 Å². The lowest BCUT2D eigenvalue weighted by atomic mass is 9.74. The highest BCUT2D eigenvalue weighted by Gasteiger charge is 2.70. The quantitative estimate of drug-likeness (QED) is 0.365. The van der Waals surface area contributed by atoms with Gasteiger partial charge in [-0.25, -0.2) is 19.7 Å². The van der Waals surface area contributed by atoms with Crippen molar-refractivity contribution < 1.29 is 30.0 Å². The molecule has 11 nitrogen and oxygen atoms in total. The van der Waals surface area contributed by atoms with Crippen LogP contribution in [0.4, 0.5) is 5.82 Å². The van der Waals surface area contributed by atoms with Crippen molar-refractivity contribution in [1.29, 1.82) is 0 Å². The molecule has 1 unspecified atom stereocenters. The molecule has 0 radical (unpaired) electrons. The second-order valence-corrected chi connectivity index (χ2v) is 7.84. The van der Waals surface area contributed by atoms with Crippen LogP contribution in [-0.2, 0) is 20.9 Å². The molecule has 6 N–H and O–H groups in total. The number of aliphatic hydroxyl groups is 3. The normalized spacial score (nSPS) is 29.5. The van der Waals surface area contributed by atoms with Crippen LogP contribution in [0.25, 0.3) is 11.2 Å². The number of rotatable bonds is 5. The molecular weight excluding hydrogens is 406 g/mol. The average Bonchev–Trinajstić information content (AvgIpc) is 3.28. The van der Waals surface area contributed by atoms with Crippen LogP contribution in [0.1, 0.15) is 19.4 Å². The molecule has 5 atom stereocenters. The van der Waals surface area contributed by atoms with Crippen LogP contribution in [0.2, 0.25) is 0 Å². The molecule has 0 spiro atoms. The summed E-state index contributed by atoms with van der Waals surface area (Å²) in [6.07, 6.45) is -2.99. The minimum atomic E-state index is -2.18. The van der Waals surface area contributed by atoms with Crippen molar-refractivity contribution >= 4 is 23.0 Å². The molecule has 0 saturated carbocycles. The minimum Gasteiger partial charge on any atom is -0.479 e. The van der Waals surface area contributed by atoms with Crippen LogP contribution in [-0.4, -0.2) is 64.2 Å². The minimum absolute atomic E-state index is 0.103. The van der Waals surface area contributed by atoms with Crippen LogP contribution in [0.15, 0.2) is 43.0 Å². The fourth-order valence-electron chi connectivity index (χ4n) is 4.45. The smallest absolute Gasteiger partial charge is 0.335 e. The van der Waals surface area contributed by atoms with Crippen LogP contribution in [0.5, 0.6) is 0 Å². The zero-order valence-corrected chi connectivity index (χ0v) is 16.8. The molecule has 0 aliphatic carbocycles. The Morgan fingerprint density at radius 2 is 1.90 bits per heavy atom. The van der Waals surface area contributed by atoms with Gasteiger partial charge in [-0.15, -0.1) is 0 Å². The number of carboxylic acids is 1. The maximum Gasteiger partial charge on any atom is 0.335 e. The number of aromatic nitrogens is 4. The van der Waals surface area contributed by atoms with E-state index in [-0.39, 0.29) is 22.5 Å². The summed E-state index contributed by atoms with van der Waals surface area (Å²) in [6, 6.07) is 8.23. The number of fused-ring (bicyclic) bond motifs is 1. The Kier molecular flexibility index (Phi) is 4.93. The maximum atomic E-state index is 12.1. The first kappa shape index (κ1) is 21.1. The van der Waals surface area contributed by atoms with E-state index in [0.29, 0.717) is 0 Å². The highest BCUT2D eigenvalue weighted by atomic mass is 16.6. The third kappa shape index (κ3) is 2.74. The Hall–Kier alpha value is -3.12. The lowest BCUT2D eigenvalue weighted by molar-refractivity contribution is -0.229. The van der Waals surface area contributed by atoms with Crippen molar-refractivity contribution in [2.24, 2.45) is 5.92 Å². The van der Waals surface area contributed by atoms with Crippen molar-refractivity contribution in [2.45, 2.75) is 43.5 Å². The van der Waals surface area contributed by atoms with Gasteiger partial charge in [0.15, 0.2) is 28.9 Å². The largest absolute Gasteiger partial charge is 0.479 e. The van der Waals surface area contributed by atoms with Gasteiger partial charge in [0.05, 0.1) is 6.33 Å². The number of carboxylic acid groups (broad SMARTS) is 1. The molecule has 2 aromatic heterocycles. The molecule has 1 fully saturated rings. The second-order valence-electron chi connectivity index (χ2n) is 7.84. The van der Waals surface area contributed by atoms with Gasteiger partial charge >= 0.3 is 5.97 Å². The Morgan fingerprint density at radius 1 is 1.23 bits per heavy atom. The number of anilines is 1. The first-order valence-electron chi connectivity index (χ1n) is 9.65. The van der Waals surface area contributed by atoms with E-state index in [1.807, 2.05) is 0 Å². The number of ether oxygens (including phenoxy) is 1. The van der Waals surface area contributed by atoms with Gasteiger partial charge in [-0.1, -0.05) is 44.2 Å². The van der Waals surface area contributed by atoms with E-state index < -0.39 is 41.5 Å². The molecular formula is C20H23N5O6. The SMILES string of the molecule is CC(C)[C@@]1(n2cnc3c(N)ncnc32)O[C@H](C(O)C(=O)O)[C@@H](O)[C@]1(O)c1ccccc1. The predicted octanol–water partition coefficient (Wildman–Crippen LogP) is -0.190. The highest BCUT2D eigenvalue weighted by Crippen LogP contribution is 2.55. The predicted molar refractivity (Wildman–Crippen MR) is 107 cm³/mol. The molecule has 3 heterocycles. The lowest BCUT2D eigenvalue weighted by Gasteiger charge is -2.45. The van der Waals surface area contributed by atoms with Crippen molar-refractivity contribution in [2.75, 3.05) is 5.73 Å². The Labute approximate surface area is 176 Å². The molecule has 0 bridgehead atoms. The lowest BCUT2D eigenvalue weighted by Crippen LogP contribution is -2.58. The summed E-state index contributed by atoms with van der Waals surface area (Å²) in [5.74, 6) is -2.06. The van der Waals surface area contributed by atoms with Gasteiger partial charge in [0.25, 0.3) is 0 Å². The van der Waals surface area contributed by atoms with E-state index >= 15 is 0 Å². The fourth-order valence-corrected chi connectivity index (χ4v) is 4.45. The average molecular weight is 429 g/mol. The summed E-state index contributed by atoms with van der Waals surface area (Å²) in [7, 11) is 0. The van der Waals surface area contributed by atoms with Gasteiger partial charge in [0.2, 0.25) is 0 Å². The summed E-state index contributed by atoms with van der Waals surface area (Å²) < 4.78 is 7.51. The number of imidazole rings is 1. The summed E-state index contributed by atoms with van der Waals surface area (Å²) in [6.45, 7) is 3.46. The molecule has 3 aromatic rings. The van der Waals surface area contributed by atoms with E-state index in [1.165, 1.54) is 17.2 Å². The third-order valence-electron chi connectivity index (χ3n) is 5.88. The Balaban J connectivity index is 2.06. The molecule has 164 valence electrons. The summed E-state index contributed by atoms with van der Waals surface area (Å²) in [5, 5.41) is 43.0. The number of nitrogens with zero attached hydrogens (tertiary/aromatic N) is 4. The molecule has 1 aromatic carbocycles. The van der Waals surface area contributed by atoms with E-state index in [1.54, 1.807) is 44.2 Å². The van der Waals surface area contributed by atoms with Gasteiger partial charge in [-0.2, -0.15) is 0 Å². The summed E-state index contributed by atoms with van der Waals surface area (Å²) >= 11 is 0. The van der Waals surface area contributed by atoms with Crippen LogP contribution < -0.4 is 5.73 Å². The second kappa shape index (κ2) is 7.24. The molecule has 11 heteroatoms. The van der Waals surface area contributed by atoms with Gasteiger partial charge < -0.3 is 30.9 Å². The molecule has 1 aliphatic rings. The van der Waals surface area contributed by atoms with Crippen molar-refractivity contribution in [3.63, 3.8) is 0 Å². The number of benzene rings is 1. The topological polar surface area (TPSA) is 177 Å². The first-order valence-corrected chi connectivity index (χ1v) is 9.65. The van der Waals surface area contributed by atoms with E-state index in [9.17, 15) is 25.2 Å². The van der Waals surface area contributed by atoms with E-state index in [2.05, 4.69) is 15.0 Å². The van der Waals surface area contributed by atoms with Crippen molar-refractivity contribution in [3.05, 3.63) is 48.5 Å².